The largest absolute Gasteiger partial charge is 0.480 e. The lowest BCUT2D eigenvalue weighted by Crippen LogP contribution is -2.40. The van der Waals surface area contributed by atoms with Crippen molar-refractivity contribution in [1.29, 1.82) is 0 Å². The van der Waals surface area contributed by atoms with Crippen LogP contribution in [-0.2, 0) is 4.79 Å². The Kier molecular flexibility index (Phi) is 3.71. The first kappa shape index (κ1) is 13.1. The normalized spacial score (nSPS) is 19.0. The summed E-state index contributed by atoms with van der Waals surface area (Å²) in [6.45, 7) is 2.45. The highest BCUT2D eigenvalue weighted by Crippen LogP contribution is 2.25. The average molecular weight is 312 g/mol. The molecule has 1 aliphatic rings. The first-order chi connectivity index (χ1) is 8.50. The summed E-state index contributed by atoms with van der Waals surface area (Å²) >= 11 is 3.36. The van der Waals surface area contributed by atoms with Gasteiger partial charge in [-0.1, -0.05) is 6.07 Å². The van der Waals surface area contributed by atoms with Crippen molar-refractivity contribution in [2.75, 3.05) is 6.54 Å². The molecule has 0 aromatic heterocycles. The summed E-state index contributed by atoms with van der Waals surface area (Å²) in [4.78, 5) is 24.8. The number of benzene rings is 1. The number of carbonyl (C=O) groups is 2. The third-order valence-electron chi connectivity index (χ3n) is 3.15. The van der Waals surface area contributed by atoms with Crippen LogP contribution in [-0.4, -0.2) is 34.5 Å². The molecule has 1 aromatic rings. The zero-order valence-corrected chi connectivity index (χ0v) is 11.6. The van der Waals surface area contributed by atoms with Crippen LogP contribution in [0.4, 0.5) is 0 Å². The molecule has 1 heterocycles. The van der Waals surface area contributed by atoms with Crippen LogP contribution in [0.15, 0.2) is 22.7 Å². The summed E-state index contributed by atoms with van der Waals surface area (Å²) in [5.41, 5.74) is 1.57. The molecule has 4 nitrogen and oxygen atoms in total. The highest BCUT2D eigenvalue weighted by atomic mass is 79.9. The number of hydrogen-bond acceptors (Lipinski definition) is 2. The van der Waals surface area contributed by atoms with Crippen LogP contribution in [0, 0.1) is 6.92 Å². The monoisotopic (exact) mass is 311 g/mol. The summed E-state index contributed by atoms with van der Waals surface area (Å²) in [5.74, 6) is -1.14. The van der Waals surface area contributed by atoms with E-state index in [0.717, 1.165) is 12.0 Å². The molecule has 0 radical (unpaired) electrons. The zero-order valence-electron chi connectivity index (χ0n) is 10.0. The molecule has 0 aliphatic carbocycles. The molecule has 96 valence electrons. The number of carbonyl (C=O) groups excluding carboxylic acids is 1. The van der Waals surface area contributed by atoms with E-state index in [1.54, 1.807) is 6.07 Å². The van der Waals surface area contributed by atoms with Gasteiger partial charge in [0.05, 0.1) is 5.56 Å². The molecule has 1 atom stereocenters. The Labute approximate surface area is 114 Å². The Morgan fingerprint density at radius 3 is 2.78 bits per heavy atom. The van der Waals surface area contributed by atoms with Crippen molar-refractivity contribution in [2.24, 2.45) is 0 Å². The second kappa shape index (κ2) is 5.10. The first-order valence-electron chi connectivity index (χ1n) is 5.80. The number of likely N-dealkylation sites (tertiary alicyclic amines) is 1. The lowest BCUT2D eigenvalue weighted by atomic mass is 10.1. The number of aryl methyl sites for hydroxylation is 1. The van der Waals surface area contributed by atoms with Crippen LogP contribution in [0.3, 0.4) is 0 Å². The first-order valence-corrected chi connectivity index (χ1v) is 6.60. The van der Waals surface area contributed by atoms with Gasteiger partial charge in [-0.3, -0.25) is 4.79 Å². The third kappa shape index (κ3) is 2.41. The van der Waals surface area contributed by atoms with Crippen molar-refractivity contribution in [3.63, 3.8) is 0 Å². The van der Waals surface area contributed by atoms with E-state index in [1.807, 2.05) is 19.1 Å². The van der Waals surface area contributed by atoms with Gasteiger partial charge in [0.2, 0.25) is 0 Å². The number of halogens is 1. The number of hydrogen-bond donors (Lipinski definition) is 1. The molecule has 0 saturated carbocycles. The van der Waals surface area contributed by atoms with Crippen LogP contribution < -0.4 is 0 Å². The Bertz CT molecular complexity index is 501. The molecule has 0 unspecified atom stereocenters. The number of carboxylic acids is 1. The second-order valence-electron chi connectivity index (χ2n) is 4.48. The summed E-state index contributed by atoms with van der Waals surface area (Å²) in [5, 5.41) is 9.09. The quantitative estimate of drug-likeness (QED) is 0.912. The minimum Gasteiger partial charge on any atom is -0.480 e. The molecule has 1 aromatic carbocycles. The van der Waals surface area contributed by atoms with E-state index in [-0.39, 0.29) is 5.91 Å². The number of carboxylic acid groups (broad SMARTS) is 1. The van der Waals surface area contributed by atoms with Gasteiger partial charge in [0.15, 0.2) is 0 Å². The fraction of sp³-hybridized carbons (Fsp3) is 0.385. The molecule has 2 rings (SSSR count). The highest BCUT2D eigenvalue weighted by molar-refractivity contribution is 9.10. The maximum absolute atomic E-state index is 12.3. The summed E-state index contributed by atoms with van der Waals surface area (Å²) in [7, 11) is 0. The molecular weight excluding hydrogens is 298 g/mol. The maximum atomic E-state index is 12.3. The van der Waals surface area contributed by atoms with Crippen molar-refractivity contribution in [1.82, 2.24) is 4.90 Å². The van der Waals surface area contributed by atoms with Gasteiger partial charge >= 0.3 is 5.97 Å². The van der Waals surface area contributed by atoms with Crippen molar-refractivity contribution in [2.45, 2.75) is 25.8 Å². The van der Waals surface area contributed by atoms with Gasteiger partial charge in [-0.15, -0.1) is 0 Å². The van der Waals surface area contributed by atoms with Crippen LogP contribution in [0.5, 0.6) is 0 Å². The van der Waals surface area contributed by atoms with Gasteiger partial charge < -0.3 is 10.0 Å². The minimum absolute atomic E-state index is 0.216. The van der Waals surface area contributed by atoms with E-state index in [1.165, 1.54) is 4.90 Å². The van der Waals surface area contributed by atoms with Gasteiger partial charge in [0, 0.05) is 11.0 Å². The van der Waals surface area contributed by atoms with Gasteiger partial charge in [0.25, 0.3) is 5.91 Å². The predicted octanol–water partition coefficient (Wildman–Crippen LogP) is 2.45. The van der Waals surface area contributed by atoms with Crippen molar-refractivity contribution in [3.8, 4) is 0 Å². The van der Waals surface area contributed by atoms with E-state index < -0.39 is 12.0 Å². The van der Waals surface area contributed by atoms with Crippen LogP contribution in [0.2, 0.25) is 0 Å². The Hall–Kier alpha value is -1.36. The van der Waals surface area contributed by atoms with Crippen LogP contribution >= 0.6 is 15.9 Å². The minimum atomic E-state index is -0.927. The van der Waals surface area contributed by atoms with E-state index in [4.69, 9.17) is 5.11 Å². The van der Waals surface area contributed by atoms with E-state index >= 15 is 0 Å². The van der Waals surface area contributed by atoms with E-state index in [9.17, 15) is 9.59 Å². The molecule has 1 saturated heterocycles. The van der Waals surface area contributed by atoms with Gasteiger partial charge in [-0.25, -0.2) is 4.79 Å². The third-order valence-corrected chi connectivity index (χ3v) is 3.81. The number of aliphatic carboxylic acids is 1. The topological polar surface area (TPSA) is 57.6 Å². The Morgan fingerprint density at radius 2 is 2.17 bits per heavy atom. The molecule has 1 aliphatic heterocycles. The van der Waals surface area contributed by atoms with E-state index in [0.29, 0.717) is 23.0 Å². The number of rotatable bonds is 2. The second-order valence-corrected chi connectivity index (χ2v) is 5.33. The summed E-state index contributed by atoms with van der Waals surface area (Å²) in [6.07, 6.45) is 1.27. The lowest BCUT2D eigenvalue weighted by Gasteiger charge is -2.22. The Morgan fingerprint density at radius 1 is 1.44 bits per heavy atom. The fourth-order valence-corrected chi connectivity index (χ4v) is 2.88. The SMILES string of the molecule is Cc1ccc(C(=O)N2CCC[C@@H]2C(=O)O)c(Br)c1. The van der Waals surface area contributed by atoms with Crippen LogP contribution in [0.1, 0.15) is 28.8 Å². The average Bonchev–Trinajstić information content (AvgIpc) is 2.77. The van der Waals surface area contributed by atoms with E-state index in [2.05, 4.69) is 15.9 Å². The van der Waals surface area contributed by atoms with Crippen molar-refractivity contribution < 1.29 is 14.7 Å². The summed E-state index contributed by atoms with van der Waals surface area (Å²) in [6, 6.07) is 4.76. The molecule has 0 spiro atoms. The maximum Gasteiger partial charge on any atom is 0.326 e. The standard InChI is InChI=1S/C13H14BrNO3/c1-8-4-5-9(10(14)7-8)12(16)15-6-2-3-11(15)13(17)18/h4-5,7,11H,2-3,6H2,1H3,(H,17,18)/t11-/m1/s1. The lowest BCUT2D eigenvalue weighted by molar-refractivity contribution is -0.141. The van der Waals surface area contributed by atoms with Crippen molar-refractivity contribution >= 4 is 27.8 Å². The van der Waals surface area contributed by atoms with Gasteiger partial charge in [-0.2, -0.15) is 0 Å². The van der Waals surface area contributed by atoms with Crippen LogP contribution in [0.25, 0.3) is 0 Å². The predicted molar refractivity (Wildman–Crippen MR) is 70.6 cm³/mol. The number of amides is 1. The Balaban J connectivity index is 2.28. The molecule has 5 heteroatoms. The smallest absolute Gasteiger partial charge is 0.326 e. The summed E-state index contributed by atoms with van der Waals surface area (Å²) < 4.78 is 0.712. The highest BCUT2D eigenvalue weighted by Gasteiger charge is 2.34. The molecule has 18 heavy (non-hydrogen) atoms. The molecule has 1 N–H and O–H groups in total. The number of nitrogens with zero attached hydrogens (tertiary/aromatic N) is 1. The van der Waals surface area contributed by atoms with Gasteiger partial charge in [-0.05, 0) is 53.4 Å². The molecular formula is C13H14BrNO3. The van der Waals surface area contributed by atoms with Crippen molar-refractivity contribution in [3.05, 3.63) is 33.8 Å². The molecule has 1 amide bonds. The van der Waals surface area contributed by atoms with Gasteiger partial charge in [0.1, 0.15) is 6.04 Å². The molecule has 1 fully saturated rings. The molecule has 0 bridgehead atoms. The zero-order chi connectivity index (χ0) is 13.3. The fourth-order valence-electron chi connectivity index (χ4n) is 2.21.